The Hall–Kier alpha value is -2.76. The zero-order valence-electron chi connectivity index (χ0n) is 14.6. The normalized spacial score (nSPS) is 10.6. The Bertz CT molecular complexity index is 949. The third-order valence-corrected chi connectivity index (χ3v) is 5.68. The van der Waals surface area contributed by atoms with Crippen molar-refractivity contribution >= 4 is 41.1 Å². The van der Waals surface area contributed by atoms with E-state index in [1.54, 1.807) is 23.9 Å². The third kappa shape index (κ3) is 5.15. The number of rotatable bonds is 8. The van der Waals surface area contributed by atoms with Crippen LogP contribution in [0.5, 0.6) is 0 Å². The molecular formula is C17H18FN7OS2. The first-order valence-electron chi connectivity index (χ1n) is 8.13. The second kappa shape index (κ2) is 9.44. The molecule has 0 radical (unpaired) electrons. The monoisotopic (exact) mass is 419 g/mol. The first-order valence-corrected chi connectivity index (χ1v) is 10.1. The van der Waals surface area contributed by atoms with Gasteiger partial charge in [0.05, 0.1) is 11.4 Å². The van der Waals surface area contributed by atoms with Crippen molar-refractivity contribution in [3.63, 3.8) is 0 Å². The van der Waals surface area contributed by atoms with Crippen molar-refractivity contribution in [3.8, 4) is 0 Å². The molecule has 0 aliphatic rings. The van der Waals surface area contributed by atoms with E-state index in [1.807, 2.05) is 24.3 Å². The maximum Gasteiger partial charge on any atom is 0.258 e. The minimum absolute atomic E-state index is 0.108. The van der Waals surface area contributed by atoms with Crippen LogP contribution in [0.15, 0.2) is 58.6 Å². The van der Waals surface area contributed by atoms with Crippen LogP contribution in [-0.4, -0.2) is 26.5 Å². The SMILES string of the molecule is NNc1nnc(SCC(=O)Nc2ccccc2SCc2ccc(F)cc2)n1N. The molecule has 3 rings (SSSR count). The van der Waals surface area contributed by atoms with E-state index in [2.05, 4.69) is 20.9 Å². The summed E-state index contributed by atoms with van der Waals surface area (Å²) in [6.45, 7) is 0. The molecule has 2 aromatic carbocycles. The van der Waals surface area contributed by atoms with Gasteiger partial charge in [0.15, 0.2) is 0 Å². The number of hydrogen-bond acceptors (Lipinski definition) is 8. The number of carbonyl (C=O) groups excluding carboxylic acids is 1. The fourth-order valence-corrected chi connectivity index (χ4v) is 3.85. The quantitative estimate of drug-likeness (QED) is 0.249. The number of amides is 1. The Kier molecular flexibility index (Phi) is 6.74. The topological polar surface area (TPSA) is 124 Å². The summed E-state index contributed by atoms with van der Waals surface area (Å²) >= 11 is 2.70. The maximum absolute atomic E-state index is 13.0. The van der Waals surface area contributed by atoms with Crippen LogP contribution in [0.25, 0.3) is 0 Å². The highest BCUT2D eigenvalue weighted by atomic mass is 32.2. The lowest BCUT2D eigenvalue weighted by molar-refractivity contribution is -0.113. The molecule has 0 aliphatic heterocycles. The molecule has 6 N–H and O–H groups in total. The van der Waals surface area contributed by atoms with E-state index in [4.69, 9.17) is 11.7 Å². The third-order valence-electron chi connectivity index (χ3n) is 3.59. The van der Waals surface area contributed by atoms with E-state index < -0.39 is 0 Å². The maximum atomic E-state index is 13.0. The van der Waals surface area contributed by atoms with Crippen molar-refractivity contribution < 1.29 is 9.18 Å². The van der Waals surface area contributed by atoms with Gasteiger partial charge in [0, 0.05) is 10.6 Å². The Morgan fingerprint density at radius 3 is 2.57 bits per heavy atom. The number of nitrogens with one attached hydrogen (secondary N) is 2. The number of para-hydroxylation sites is 1. The van der Waals surface area contributed by atoms with Crippen molar-refractivity contribution in [2.75, 3.05) is 22.3 Å². The summed E-state index contributed by atoms with van der Waals surface area (Å²) in [4.78, 5) is 13.2. The van der Waals surface area contributed by atoms with Crippen molar-refractivity contribution in [1.29, 1.82) is 0 Å². The molecule has 0 fully saturated rings. The van der Waals surface area contributed by atoms with Crippen LogP contribution in [-0.2, 0) is 10.5 Å². The molecule has 146 valence electrons. The summed E-state index contributed by atoms with van der Waals surface area (Å²) in [5.41, 5.74) is 4.01. The predicted octanol–water partition coefficient (Wildman–Crippen LogP) is 2.44. The Labute approximate surface area is 169 Å². The van der Waals surface area contributed by atoms with Crippen LogP contribution in [0, 0.1) is 5.82 Å². The van der Waals surface area contributed by atoms with Crippen molar-refractivity contribution in [2.45, 2.75) is 15.8 Å². The Morgan fingerprint density at radius 1 is 1.11 bits per heavy atom. The zero-order valence-corrected chi connectivity index (χ0v) is 16.3. The highest BCUT2D eigenvalue weighted by Crippen LogP contribution is 2.30. The number of aromatic nitrogens is 3. The largest absolute Gasteiger partial charge is 0.334 e. The second-order valence-corrected chi connectivity index (χ2v) is 7.53. The molecule has 0 bridgehead atoms. The first kappa shape index (κ1) is 20.0. The highest BCUT2D eigenvalue weighted by Gasteiger charge is 2.13. The van der Waals surface area contributed by atoms with Crippen LogP contribution < -0.4 is 22.4 Å². The summed E-state index contributed by atoms with van der Waals surface area (Å²) < 4.78 is 14.2. The lowest BCUT2D eigenvalue weighted by atomic mass is 10.2. The van der Waals surface area contributed by atoms with Gasteiger partial charge in [0.25, 0.3) is 5.95 Å². The Balaban J connectivity index is 1.58. The van der Waals surface area contributed by atoms with Crippen LogP contribution in [0.2, 0.25) is 0 Å². The molecule has 0 saturated carbocycles. The smallest absolute Gasteiger partial charge is 0.258 e. The predicted molar refractivity (Wildman–Crippen MR) is 110 cm³/mol. The number of hydrazine groups is 1. The molecule has 0 unspecified atom stereocenters. The molecule has 28 heavy (non-hydrogen) atoms. The lowest BCUT2D eigenvalue weighted by Crippen LogP contribution is -2.19. The molecule has 11 heteroatoms. The fraction of sp³-hybridized carbons (Fsp3) is 0.118. The summed E-state index contributed by atoms with van der Waals surface area (Å²) in [5.74, 6) is 11.5. The average Bonchev–Trinajstić information content (AvgIpc) is 3.06. The number of hydrogen-bond donors (Lipinski definition) is 4. The molecule has 0 saturated heterocycles. The first-order chi connectivity index (χ1) is 13.6. The second-order valence-electron chi connectivity index (χ2n) is 5.57. The number of anilines is 2. The van der Waals surface area contributed by atoms with Crippen LogP contribution in [0.3, 0.4) is 0 Å². The summed E-state index contributed by atoms with van der Waals surface area (Å²) in [6, 6.07) is 13.9. The van der Waals surface area contributed by atoms with E-state index in [0.29, 0.717) is 16.6 Å². The van der Waals surface area contributed by atoms with Crippen LogP contribution in [0.1, 0.15) is 5.56 Å². The number of halogens is 1. The molecule has 8 nitrogen and oxygen atoms in total. The van der Waals surface area contributed by atoms with Gasteiger partial charge in [0.2, 0.25) is 11.1 Å². The molecule has 0 aliphatic carbocycles. The van der Waals surface area contributed by atoms with E-state index in [0.717, 1.165) is 22.2 Å². The van der Waals surface area contributed by atoms with Gasteiger partial charge >= 0.3 is 0 Å². The number of benzene rings is 2. The standard InChI is InChI=1S/C17H18FN7OS2/c18-12-7-5-11(6-8-12)9-27-14-4-2-1-3-13(14)21-15(26)10-28-17-24-23-16(22-19)25(17)20/h1-8H,9-10,19-20H2,(H,21,26)(H,22,23). The average molecular weight is 420 g/mol. The minimum atomic E-state index is -0.262. The summed E-state index contributed by atoms with van der Waals surface area (Å²) in [7, 11) is 0. The minimum Gasteiger partial charge on any atom is -0.334 e. The molecule has 1 heterocycles. The van der Waals surface area contributed by atoms with Gasteiger partial charge < -0.3 is 11.2 Å². The molecule has 0 atom stereocenters. The van der Waals surface area contributed by atoms with E-state index in [-0.39, 0.29) is 23.4 Å². The van der Waals surface area contributed by atoms with Gasteiger partial charge in [-0.15, -0.1) is 22.0 Å². The van der Waals surface area contributed by atoms with Crippen molar-refractivity contribution in [2.24, 2.45) is 5.84 Å². The Morgan fingerprint density at radius 2 is 1.86 bits per heavy atom. The van der Waals surface area contributed by atoms with Crippen molar-refractivity contribution in [1.82, 2.24) is 14.9 Å². The number of carbonyl (C=O) groups is 1. The number of thioether (sulfide) groups is 2. The highest BCUT2D eigenvalue weighted by molar-refractivity contribution is 7.99. The molecular weight excluding hydrogens is 401 g/mol. The zero-order chi connectivity index (χ0) is 19.9. The van der Waals surface area contributed by atoms with Gasteiger partial charge in [-0.3, -0.25) is 10.2 Å². The fourth-order valence-electron chi connectivity index (χ4n) is 2.23. The van der Waals surface area contributed by atoms with Gasteiger partial charge in [0.1, 0.15) is 5.82 Å². The number of nitrogens with zero attached hydrogens (tertiary/aromatic N) is 3. The molecule has 0 spiro atoms. The van der Waals surface area contributed by atoms with Gasteiger partial charge in [-0.2, -0.15) is 0 Å². The summed E-state index contributed by atoms with van der Waals surface area (Å²) in [6.07, 6.45) is 0. The number of nitrogen functional groups attached to an aromatic ring is 2. The van der Waals surface area contributed by atoms with E-state index in [9.17, 15) is 9.18 Å². The van der Waals surface area contributed by atoms with Gasteiger partial charge in [-0.1, -0.05) is 36.0 Å². The summed E-state index contributed by atoms with van der Waals surface area (Å²) in [5, 5.41) is 10.8. The van der Waals surface area contributed by atoms with Gasteiger partial charge in [-0.25, -0.2) is 14.9 Å². The van der Waals surface area contributed by atoms with Crippen LogP contribution in [0.4, 0.5) is 16.0 Å². The molecule has 1 amide bonds. The molecule has 3 aromatic rings. The van der Waals surface area contributed by atoms with Crippen molar-refractivity contribution in [3.05, 3.63) is 59.9 Å². The van der Waals surface area contributed by atoms with Gasteiger partial charge in [-0.05, 0) is 29.8 Å². The van der Waals surface area contributed by atoms with E-state index in [1.165, 1.54) is 16.8 Å². The van der Waals surface area contributed by atoms with E-state index >= 15 is 0 Å². The lowest BCUT2D eigenvalue weighted by Gasteiger charge is -2.11. The van der Waals surface area contributed by atoms with Crippen LogP contribution >= 0.6 is 23.5 Å². The molecule has 1 aromatic heterocycles. The number of nitrogens with two attached hydrogens (primary N) is 2.